The Morgan fingerprint density at radius 1 is 1.09 bits per heavy atom. The Bertz CT molecular complexity index is 1010. The molecule has 0 aliphatic rings. The lowest BCUT2D eigenvalue weighted by Crippen LogP contribution is -2.28. The molecule has 0 spiro atoms. The molecule has 10 heteroatoms. The third-order valence-corrected chi connectivity index (χ3v) is 4.98. The second-order valence-electron chi connectivity index (χ2n) is 7.42. The van der Waals surface area contributed by atoms with E-state index in [1.54, 1.807) is 54.6 Å². The molecule has 35 heavy (non-hydrogen) atoms. The molecule has 0 fully saturated rings. The van der Waals surface area contributed by atoms with Gasteiger partial charge in [0, 0.05) is 30.0 Å². The number of carbonyl (C=O) groups is 3. The summed E-state index contributed by atoms with van der Waals surface area (Å²) in [6, 6.07) is 13.3. The zero-order chi connectivity index (χ0) is 25.6. The average molecular weight is 487 g/mol. The van der Waals surface area contributed by atoms with Gasteiger partial charge in [0.05, 0.1) is 12.7 Å². The zero-order valence-corrected chi connectivity index (χ0v) is 19.6. The molecule has 0 heterocycles. The van der Waals surface area contributed by atoms with Crippen LogP contribution in [-0.4, -0.2) is 54.5 Å². The molecule has 10 nitrogen and oxygen atoms in total. The molecule has 2 amide bonds. The fraction of sp³-hybridized carbons (Fsp3) is 0.320. The number of carbonyl (C=O) groups excluding carboxylic acids is 3. The smallest absolute Gasteiger partial charge is 0.412 e. The van der Waals surface area contributed by atoms with Gasteiger partial charge in [0.2, 0.25) is 0 Å². The number of allylic oxidation sites excluding steroid dienone is 1. The number of anilines is 1. The van der Waals surface area contributed by atoms with E-state index in [0.717, 1.165) is 0 Å². The molecular weight excluding hydrogens is 456 g/mol. The van der Waals surface area contributed by atoms with Crippen molar-refractivity contribution >= 4 is 23.5 Å². The predicted molar refractivity (Wildman–Crippen MR) is 127 cm³/mol. The SMILES string of the molecule is CO[C@H](CC/C=C/C(=O)NO)[C@H](OC(=O)Nc1ccc(C(C)=O)cc1)c1ccccc1OCCO. The van der Waals surface area contributed by atoms with Crippen molar-refractivity contribution in [1.29, 1.82) is 0 Å². The van der Waals surface area contributed by atoms with Gasteiger partial charge in [-0.05, 0) is 50.1 Å². The molecule has 0 aromatic heterocycles. The van der Waals surface area contributed by atoms with Gasteiger partial charge in [-0.3, -0.25) is 20.1 Å². The Balaban J connectivity index is 2.25. The molecule has 2 aromatic carbocycles. The average Bonchev–Trinajstić information content (AvgIpc) is 2.86. The van der Waals surface area contributed by atoms with E-state index in [2.05, 4.69) is 5.32 Å². The number of aliphatic hydroxyl groups excluding tert-OH is 1. The Morgan fingerprint density at radius 2 is 1.80 bits per heavy atom. The Labute approximate surface area is 203 Å². The summed E-state index contributed by atoms with van der Waals surface area (Å²) in [5.74, 6) is -0.334. The first kappa shape index (κ1) is 27.5. The number of Topliss-reactive ketones (excluding diaryl/α,β-unsaturated/α-hetero) is 1. The molecule has 4 N–H and O–H groups in total. The maximum Gasteiger partial charge on any atom is 0.412 e. The monoisotopic (exact) mass is 486 g/mol. The summed E-state index contributed by atoms with van der Waals surface area (Å²) in [5, 5.41) is 20.4. The maximum atomic E-state index is 12.8. The highest BCUT2D eigenvalue weighted by molar-refractivity contribution is 5.95. The second kappa shape index (κ2) is 14.5. The number of aliphatic hydroxyl groups is 1. The van der Waals surface area contributed by atoms with Crippen LogP contribution in [0.15, 0.2) is 60.7 Å². The highest BCUT2D eigenvalue weighted by atomic mass is 16.6. The lowest BCUT2D eigenvalue weighted by atomic mass is 9.99. The van der Waals surface area contributed by atoms with Gasteiger partial charge in [-0.2, -0.15) is 0 Å². The molecule has 0 radical (unpaired) electrons. The molecule has 0 saturated carbocycles. The second-order valence-corrected chi connectivity index (χ2v) is 7.42. The summed E-state index contributed by atoms with van der Waals surface area (Å²) in [5.41, 5.74) is 3.00. The first-order chi connectivity index (χ1) is 16.9. The van der Waals surface area contributed by atoms with Crippen LogP contribution in [-0.2, 0) is 14.3 Å². The Hall–Kier alpha value is -3.73. The standard InChI is InChI=1S/C25H30N2O8/c1-17(29)18-11-13-19(14-12-18)26-25(31)35-24(20-7-3-4-8-21(20)34-16-15-28)22(33-2)9-5-6-10-23(30)27-32/h3-4,6-8,10-14,22,24,28,32H,5,9,15-16H2,1-2H3,(H,26,31)(H,27,30)/b10-6+/t22-,24-/m1/s1. The molecule has 0 aliphatic carbocycles. The van der Waals surface area contributed by atoms with Crippen LogP contribution in [0.3, 0.4) is 0 Å². The molecule has 2 aromatic rings. The number of nitrogens with one attached hydrogen (secondary N) is 2. The maximum absolute atomic E-state index is 12.8. The number of hydroxylamine groups is 1. The molecule has 0 saturated heterocycles. The number of para-hydroxylation sites is 1. The number of benzene rings is 2. The lowest BCUT2D eigenvalue weighted by molar-refractivity contribution is -0.124. The van der Waals surface area contributed by atoms with E-state index in [4.69, 9.17) is 24.5 Å². The highest BCUT2D eigenvalue weighted by Crippen LogP contribution is 2.33. The van der Waals surface area contributed by atoms with E-state index >= 15 is 0 Å². The van der Waals surface area contributed by atoms with Crippen LogP contribution in [0.25, 0.3) is 0 Å². The van der Waals surface area contributed by atoms with Crippen LogP contribution >= 0.6 is 0 Å². The van der Waals surface area contributed by atoms with Crippen molar-refractivity contribution in [2.75, 3.05) is 25.6 Å². The molecule has 0 bridgehead atoms. The first-order valence-electron chi connectivity index (χ1n) is 10.9. The van der Waals surface area contributed by atoms with Crippen molar-refractivity contribution in [3.05, 3.63) is 71.8 Å². The topological polar surface area (TPSA) is 143 Å². The summed E-state index contributed by atoms with van der Waals surface area (Å²) < 4.78 is 17.0. The van der Waals surface area contributed by atoms with E-state index in [1.165, 1.54) is 25.6 Å². The quantitative estimate of drug-likeness (QED) is 0.146. The molecule has 2 atom stereocenters. The van der Waals surface area contributed by atoms with Gasteiger partial charge in [0.15, 0.2) is 11.9 Å². The van der Waals surface area contributed by atoms with E-state index < -0.39 is 24.2 Å². The first-order valence-corrected chi connectivity index (χ1v) is 10.9. The fourth-order valence-electron chi connectivity index (χ4n) is 3.27. The zero-order valence-electron chi connectivity index (χ0n) is 19.6. The van der Waals surface area contributed by atoms with E-state index in [0.29, 0.717) is 35.4 Å². The highest BCUT2D eigenvalue weighted by Gasteiger charge is 2.29. The van der Waals surface area contributed by atoms with Gasteiger partial charge in [-0.1, -0.05) is 24.3 Å². The molecule has 2 rings (SSSR count). The Morgan fingerprint density at radius 3 is 2.43 bits per heavy atom. The molecule has 0 unspecified atom stereocenters. The van der Waals surface area contributed by atoms with Crippen molar-refractivity contribution in [2.45, 2.75) is 32.0 Å². The van der Waals surface area contributed by atoms with Crippen LogP contribution in [0.2, 0.25) is 0 Å². The summed E-state index contributed by atoms with van der Waals surface area (Å²) in [6.07, 6.45) is 1.22. The minimum atomic E-state index is -0.897. The van der Waals surface area contributed by atoms with Crippen molar-refractivity contribution in [3.8, 4) is 5.75 Å². The van der Waals surface area contributed by atoms with Gasteiger partial charge in [0.25, 0.3) is 5.91 Å². The van der Waals surface area contributed by atoms with Crippen LogP contribution in [0.1, 0.15) is 41.8 Å². The Kier molecular flexibility index (Phi) is 11.4. The number of rotatable bonds is 13. The van der Waals surface area contributed by atoms with Crippen LogP contribution < -0.4 is 15.5 Å². The number of methoxy groups -OCH3 is 1. The van der Waals surface area contributed by atoms with Crippen LogP contribution in [0.5, 0.6) is 5.75 Å². The molecule has 0 aliphatic heterocycles. The molecular formula is C25H30N2O8. The van der Waals surface area contributed by atoms with E-state index in [9.17, 15) is 14.4 Å². The third kappa shape index (κ3) is 8.85. The van der Waals surface area contributed by atoms with E-state index in [1.807, 2.05) is 0 Å². The van der Waals surface area contributed by atoms with Gasteiger partial charge < -0.3 is 19.3 Å². The number of hydrogen-bond acceptors (Lipinski definition) is 8. The summed E-state index contributed by atoms with van der Waals surface area (Å²) in [6.45, 7) is 1.31. The van der Waals surface area contributed by atoms with Crippen molar-refractivity contribution in [3.63, 3.8) is 0 Å². The number of ketones is 1. The van der Waals surface area contributed by atoms with Crippen molar-refractivity contribution in [1.82, 2.24) is 5.48 Å². The lowest BCUT2D eigenvalue weighted by Gasteiger charge is -2.27. The third-order valence-electron chi connectivity index (χ3n) is 4.98. The van der Waals surface area contributed by atoms with Crippen molar-refractivity contribution in [2.24, 2.45) is 0 Å². The number of amides is 2. The molecule has 188 valence electrons. The summed E-state index contributed by atoms with van der Waals surface area (Å²) in [7, 11) is 1.47. The number of ether oxygens (including phenoxy) is 3. The van der Waals surface area contributed by atoms with Gasteiger partial charge in [-0.25, -0.2) is 10.3 Å². The fourth-order valence-corrected chi connectivity index (χ4v) is 3.27. The minimum absolute atomic E-state index is 0.0507. The largest absolute Gasteiger partial charge is 0.491 e. The number of hydrogen-bond donors (Lipinski definition) is 4. The van der Waals surface area contributed by atoms with Crippen LogP contribution in [0, 0.1) is 0 Å². The van der Waals surface area contributed by atoms with Gasteiger partial charge >= 0.3 is 6.09 Å². The van der Waals surface area contributed by atoms with Crippen molar-refractivity contribution < 1.29 is 38.9 Å². The van der Waals surface area contributed by atoms with Crippen LogP contribution in [0.4, 0.5) is 10.5 Å². The predicted octanol–water partition coefficient (Wildman–Crippen LogP) is 3.41. The van der Waals surface area contributed by atoms with Gasteiger partial charge in [0.1, 0.15) is 12.4 Å². The van der Waals surface area contributed by atoms with E-state index in [-0.39, 0.29) is 19.0 Å². The normalized spacial score (nSPS) is 12.6. The minimum Gasteiger partial charge on any atom is -0.491 e. The summed E-state index contributed by atoms with van der Waals surface area (Å²) >= 11 is 0. The van der Waals surface area contributed by atoms with Gasteiger partial charge in [-0.15, -0.1) is 0 Å². The summed E-state index contributed by atoms with van der Waals surface area (Å²) in [4.78, 5) is 35.4.